The van der Waals surface area contributed by atoms with Gasteiger partial charge in [0.25, 0.3) is 7.52 Å². The highest BCUT2D eigenvalue weighted by Crippen LogP contribution is 2.36. The summed E-state index contributed by atoms with van der Waals surface area (Å²) in [6, 6.07) is 0. The second kappa shape index (κ2) is 3.32. The van der Waals surface area contributed by atoms with E-state index in [0.717, 1.165) is 0 Å². The molecule has 0 radical (unpaired) electrons. The molecule has 0 spiro atoms. The van der Waals surface area contributed by atoms with Crippen molar-refractivity contribution in [2.75, 3.05) is 7.05 Å². The lowest BCUT2D eigenvalue weighted by atomic mass is 10.5. The maximum absolute atomic E-state index is 10.6. The van der Waals surface area contributed by atoms with E-state index >= 15 is 0 Å². The molecule has 0 saturated carbocycles. The zero-order valence-corrected chi connectivity index (χ0v) is 6.56. The van der Waals surface area contributed by atoms with Crippen molar-refractivity contribution in [3.05, 3.63) is 0 Å². The summed E-state index contributed by atoms with van der Waals surface area (Å²) in [5, 5.41) is 2.65. The summed E-state index contributed by atoms with van der Waals surface area (Å²) in [5.74, 6) is -0.461. The third-order valence-corrected chi connectivity index (χ3v) is 2.68. The van der Waals surface area contributed by atoms with Crippen LogP contribution in [0.4, 0.5) is 0 Å². The average Bonchev–Trinajstić information content (AvgIpc) is 1.65. The van der Waals surface area contributed by atoms with Crippen LogP contribution in [0.5, 0.6) is 0 Å². The fourth-order valence-corrected chi connectivity index (χ4v) is 1.54. The first kappa shape index (κ1) is 9.11. The second-order valence-electron chi connectivity index (χ2n) is 1.89. The zero-order chi connectivity index (χ0) is 7.49. The van der Waals surface area contributed by atoms with Gasteiger partial charge in [0, 0.05) is 0 Å². The highest BCUT2D eigenvalue weighted by atomic mass is 31.2. The van der Waals surface area contributed by atoms with Crippen molar-refractivity contribution in [1.82, 2.24) is 5.32 Å². The summed E-state index contributed by atoms with van der Waals surface area (Å²) in [5.41, 5.74) is 4.95. The van der Waals surface area contributed by atoms with Crippen LogP contribution < -0.4 is 10.8 Å². The SMILES string of the molecule is CCC(NC)P(N)(=O)O. The normalized spacial score (nSPS) is 20.9. The minimum absolute atomic E-state index is 0.461. The van der Waals surface area contributed by atoms with Crippen molar-refractivity contribution >= 4 is 7.52 Å². The number of nitrogens with two attached hydrogens (primary N) is 1. The van der Waals surface area contributed by atoms with Crippen LogP contribution in [-0.2, 0) is 4.57 Å². The molecular weight excluding hydrogens is 139 g/mol. The van der Waals surface area contributed by atoms with Gasteiger partial charge in [-0.25, -0.2) is 0 Å². The lowest BCUT2D eigenvalue weighted by molar-refractivity contribution is 0.450. The zero-order valence-electron chi connectivity index (χ0n) is 5.66. The van der Waals surface area contributed by atoms with E-state index in [9.17, 15) is 4.57 Å². The largest absolute Gasteiger partial charge is 0.332 e. The average molecular weight is 152 g/mol. The summed E-state index contributed by atoms with van der Waals surface area (Å²) < 4.78 is 10.6. The predicted molar refractivity (Wildman–Crippen MR) is 37.2 cm³/mol. The third kappa shape index (κ3) is 2.96. The quantitative estimate of drug-likeness (QED) is 0.501. The van der Waals surface area contributed by atoms with Gasteiger partial charge >= 0.3 is 0 Å². The maximum Gasteiger partial charge on any atom is 0.281 e. The molecule has 2 unspecified atom stereocenters. The van der Waals surface area contributed by atoms with Gasteiger partial charge in [-0.2, -0.15) is 0 Å². The lowest BCUT2D eigenvalue weighted by Gasteiger charge is -2.15. The minimum Gasteiger partial charge on any atom is -0.332 e. The van der Waals surface area contributed by atoms with Gasteiger partial charge in [-0.3, -0.25) is 10.1 Å². The van der Waals surface area contributed by atoms with E-state index in [1.54, 1.807) is 14.0 Å². The number of hydrogen-bond acceptors (Lipinski definition) is 2. The Bertz CT molecular complexity index is 118. The Hall–Kier alpha value is 0.110. The smallest absolute Gasteiger partial charge is 0.281 e. The van der Waals surface area contributed by atoms with Gasteiger partial charge in [-0.15, -0.1) is 0 Å². The van der Waals surface area contributed by atoms with Crippen LogP contribution in [-0.4, -0.2) is 17.7 Å². The van der Waals surface area contributed by atoms with Gasteiger partial charge < -0.3 is 10.2 Å². The van der Waals surface area contributed by atoms with Crippen LogP contribution in [0.15, 0.2) is 0 Å². The van der Waals surface area contributed by atoms with Crippen LogP contribution in [0.2, 0.25) is 0 Å². The van der Waals surface area contributed by atoms with E-state index in [1.165, 1.54) is 0 Å². The van der Waals surface area contributed by atoms with Crippen LogP contribution in [0.3, 0.4) is 0 Å². The molecule has 4 N–H and O–H groups in total. The summed E-state index contributed by atoms with van der Waals surface area (Å²) in [7, 11) is -1.77. The van der Waals surface area contributed by atoms with Crippen molar-refractivity contribution in [2.24, 2.45) is 5.50 Å². The van der Waals surface area contributed by atoms with Gasteiger partial charge in [-0.05, 0) is 13.5 Å². The highest BCUT2D eigenvalue weighted by molar-refractivity contribution is 7.56. The Morgan fingerprint density at radius 2 is 2.33 bits per heavy atom. The molecule has 56 valence electrons. The van der Waals surface area contributed by atoms with Gasteiger partial charge in [-0.1, -0.05) is 6.92 Å². The van der Waals surface area contributed by atoms with Crippen LogP contribution in [0, 0.1) is 0 Å². The fourth-order valence-electron chi connectivity index (χ4n) is 0.651. The van der Waals surface area contributed by atoms with E-state index in [2.05, 4.69) is 5.32 Å². The number of nitrogens with one attached hydrogen (secondary N) is 1. The molecule has 0 amide bonds. The number of hydrogen-bond donors (Lipinski definition) is 3. The molecule has 0 bridgehead atoms. The molecule has 0 aliphatic carbocycles. The molecule has 9 heavy (non-hydrogen) atoms. The van der Waals surface area contributed by atoms with Crippen LogP contribution in [0.25, 0.3) is 0 Å². The summed E-state index contributed by atoms with van der Waals surface area (Å²) in [4.78, 5) is 8.75. The molecule has 0 aromatic carbocycles. The Labute approximate surface area is 55.0 Å². The summed E-state index contributed by atoms with van der Waals surface area (Å²) in [6.07, 6.45) is 0.570. The van der Waals surface area contributed by atoms with Crippen LogP contribution in [0.1, 0.15) is 13.3 Å². The monoisotopic (exact) mass is 152 g/mol. The van der Waals surface area contributed by atoms with Gasteiger partial charge in [0.05, 0.1) is 5.78 Å². The van der Waals surface area contributed by atoms with Crippen LogP contribution >= 0.6 is 7.52 Å². The first-order valence-electron chi connectivity index (χ1n) is 2.80. The van der Waals surface area contributed by atoms with E-state index in [4.69, 9.17) is 10.4 Å². The first-order valence-corrected chi connectivity index (χ1v) is 4.60. The predicted octanol–water partition coefficient (Wildman–Crippen LogP) is 0.0860. The Kier molecular flexibility index (Phi) is 3.36. The fraction of sp³-hybridized carbons (Fsp3) is 1.00. The molecule has 0 heterocycles. The van der Waals surface area contributed by atoms with Gasteiger partial charge in [0.1, 0.15) is 0 Å². The molecule has 0 aromatic heterocycles. The molecule has 0 aromatic rings. The summed E-state index contributed by atoms with van der Waals surface area (Å²) in [6.45, 7) is 1.80. The van der Waals surface area contributed by atoms with Crippen molar-refractivity contribution < 1.29 is 9.46 Å². The molecule has 0 aliphatic rings. The van der Waals surface area contributed by atoms with Crippen molar-refractivity contribution in [3.8, 4) is 0 Å². The van der Waals surface area contributed by atoms with E-state index in [0.29, 0.717) is 6.42 Å². The Balaban J connectivity index is 3.96. The lowest BCUT2D eigenvalue weighted by Crippen LogP contribution is -2.27. The van der Waals surface area contributed by atoms with E-state index in [1.807, 2.05) is 0 Å². The maximum atomic E-state index is 10.6. The summed E-state index contributed by atoms with van der Waals surface area (Å²) >= 11 is 0. The van der Waals surface area contributed by atoms with E-state index < -0.39 is 13.3 Å². The van der Waals surface area contributed by atoms with Crippen molar-refractivity contribution in [2.45, 2.75) is 19.1 Å². The highest BCUT2D eigenvalue weighted by Gasteiger charge is 2.21. The Morgan fingerprint density at radius 1 is 1.89 bits per heavy atom. The van der Waals surface area contributed by atoms with Crippen molar-refractivity contribution in [1.29, 1.82) is 0 Å². The van der Waals surface area contributed by atoms with E-state index in [-0.39, 0.29) is 0 Å². The first-order chi connectivity index (χ1) is 4.02. The van der Waals surface area contributed by atoms with Crippen molar-refractivity contribution in [3.63, 3.8) is 0 Å². The molecule has 4 nitrogen and oxygen atoms in total. The molecule has 0 aliphatic heterocycles. The molecule has 5 heteroatoms. The van der Waals surface area contributed by atoms with Gasteiger partial charge in [0.2, 0.25) is 0 Å². The van der Waals surface area contributed by atoms with Gasteiger partial charge in [0.15, 0.2) is 0 Å². The molecule has 0 fully saturated rings. The molecule has 0 rings (SSSR count). The second-order valence-corrected chi connectivity index (χ2v) is 3.85. The number of rotatable bonds is 3. The third-order valence-electron chi connectivity index (χ3n) is 1.17. The topological polar surface area (TPSA) is 75.3 Å². The standard InChI is InChI=1S/C4H13N2O2P/c1-3-4(6-2)9(5,7)8/h4,6H,3H2,1-2H3,(H3,5,7,8). The Morgan fingerprint density at radius 3 is 2.33 bits per heavy atom. The molecule has 2 atom stereocenters. The minimum atomic E-state index is -3.39. The molecule has 0 saturated heterocycles. The molecular formula is C4H13N2O2P.